The zero-order chi connectivity index (χ0) is 15.2. The van der Waals surface area contributed by atoms with E-state index in [1.807, 2.05) is 13.0 Å². The first kappa shape index (κ1) is 16.6. The van der Waals surface area contributed by atoms with Crippen molar-refractivity contribution >= 4 is 15.9 Å². The largest absolute Gasteiger partial charge is 0.493 e. The van der Waals surface area contributed by atoms with Gasteiger partial charge in [0.25, 0.3) is 0 Å². The van der Waals surface area contributed by atoms with Gasteiger partial charge in [-0.05, 0) is 66.2 Å². The van der Waals surface area contributed by atoms with Crippen LogP contribution in [0.3, 0.4) is 0 Å². The number of benzene rings is 1. The lowest BCUT2D eigenvalue weighted by Crippen LogP contribution is -2.34. The van der Waals surface area contributed by atoms with Crippen molar-refractivity contribution in [3.63, 3.8) is 0 Å². The van der Waals surface area contributed by atoms with Gasteiger partial charge in [0.05, 0.1) is 24.3 Å². The second-order valence-electron chi connectivity index (χ2n) is 5.43. The highest BCUT2D eigenvalue weighted by atomic mass is 79.9. The number of nitrogens with one attached hydrogen (secondary N) is 1. The highest BCUT2D eigenvalue weighted by Crippen LogP contribution is 2.36. The zero-order valence-electron chi connectivity index (χ0n) is 12.7. The summed E-state index contributed by atoms with van der Waals surface area (Å²) in [6, 6.07) is 4.57. The van der Waals surface area contributed by atoms with Crippen LogP contribution in [0.1, 0.15) is 38.2 Å². The second-order valence-corrected chi connectivity index (χ2v) is 6.28. The summed E-state index contributed by atoms with van der Waals surface area (Å²) in [4.78, 5) is 0. The van der Waals surface area contributed by atoms with Crippen LogP contribution < -0.4 is 14.8 Å². The Morgan fingerprint density at radius 3 is 2.62 bits per heavy atom. The van der Waals surface area contributed by atoms with E-state index in [0.717, 1.165) is 53.8 Å². The van der Waals surface area contributed by atoms with Crippen LogP contribution >= 0.6 is 15.9 Å². The van der Waals surface area contributed by atoms with Crippen LogP contribution in [0.15, 0.2) is 16.6 Å². The Labute approximate surface area is 135 Å². The van der Waals surface area contributed by atoms with Gasteiger partial charge in [-0.25, -0.2) is 0 Å². The molecule has 4 nitrogen and oxygen atoms in total. The molecule has 0 heterocycles. The number of methoxy groups -OCH3 is 1. The Kier molecular flexibility index (Phi) is 6.33. The average molecular weight is 358 g/mol. The molecule has 1 aliphatic carbocycles. The van der Waals surface area contributed by atoms with Crippen LogP contribution in [0.25, 0.3) is 0 Å². The molecule has 0 atom stereocenters. The third-order valence-electron chi connectivity index (χ3n) is 3.87. The smallest absolute Gasteiger partial charge is 0.175 e. The van der Waals surface area contributed by atoms with E-state index >= 15 is 0 Å². The molecule has 118 valence electrons. The molecule has 21 heavy (non-hydrogen) atoms. The average Bonchev–Trinajstić information content (AvgIpc) is 2.49. The SMILES string of the molecule is CCOc1c(Br)cc(CNC2CCC(O)CC2)cc1OC. The van der Waals surface area contributed by atoms with Crippen LogP contribution in [0.5, 0.6) is 11.5 Å². The van der Waals surface area contributed by atoms with Crippen molar-refractivity contribution in [3.05, 3.63) is 22.2 Å². The Morgan fingerprint density at radius 1 is 1.29 bits per heavy atom. The zero-order valence-corrected chi connectivity index (χ0v) is 14.3. The first-order valence-electron chi connectivity index (χ1n) is 7.54. The minimum Gasteiger partial charge on any atom is -0.493 e. The van der Waals surface area contributed by atoms with Crippen molar-refractivity contribution in [2.75, 3.05) is 13.7 Å². The van der Waals surface area contributed by atoms with Gasteiger partial charge in [0, 0.05) is 12.6 Å². The minimum atomic E-state index is -0.109. The van der Waals surface area contributed by atoms with E-state index in [4.69, 9.17) is 9.47 Å². The van der Waals surface area contributed by atoms with Crippen molar-refractivity contribution in [1.29, 1.82) is 0 Å². The van der Waals surface area contributed by atoms with Gasteiger partial charge in [-0.15, -0.1) is 0 Å². The first-order chi connectivity index (χ1) is 10.1. The second kappa shape index (κ2) is 8.01. The maximum absolute atomic E-state index is 9.53. The first-order valence-corrected chi connectivity index (χ1v) is 8.34. The van der Waals surface area contributed by atoms with Gasteiger partial charge in [-0.1, -0.05) is 0 Å². The number of halogens is 1. The molecule has 1 aromatic rings. The summed E-state index contributed by atoms with van der Waals surface area (Å²) < 4.78 is 11.9. The molecule has 1 aliphatic rings. The fourth-order valence-corrected chi connectivity index (χ4v) is 3.31. The van der Waals surface area contributed by atoms with Crippen LogP contribution in [0.4, 0.5) is 0 Å². The fourth-order valence-electron chi connectivity index (χ4n) is 2.70. The molecule has 0 saturated heterocycles. The number of hydrogen-bond donors (Lipinski definition) is 2. The molecule has 0 unspecified atom stereocenters. The van der Waals surface area contributed by atoms with Gasteiger partial charge in [0.15, 0.2) is 11.5 Å². The lowest BCUT2D eigenvalue weighted by Gasteiger charge is -2.26. The quantitative estimate of drug-likeness (QED) is 0.820. The van der Waals surface area contributed by atoms with Crippen LogP contribution in [-0.2, 0) is 6.54 Å². The summed E-state index contributed by atoms with van der Waals surface area (Å²) in [5.41, 5.74) is 1.16. The molecule has 0 aliphatic heterocycles. The van der Waals surface area contributed by atoms with E-state index < -0.39 is 0 Å². The predicted octanol–water partition coefficient (Wildman–Crippen LogP) is 3.25. The van der Waals surface area contributed by atoms with Crippen molar-refractivity contribution in [3.8, 4) is 11.5 Å². The van der Waals surface area contributed by atoms with Gasteiger partial charge < -0.3 is 19.9 Å². The van der Waals surface area contributed by atoms with E-state index in [0.29, 0.717) is 12.6 Å². The lowest BCUT2D eigenvalue weighted by atomic mass is 9.93. The summed E-state index contributed by atoms with van der Waals surface area (Å²) in [7, 11) is 1.66. The van der Waals surface area contributed by atoms with Crippen LogP contribution in [0, 0.1) is 0 Å². The molecular weight excluding hydrogens is 334 g/mol. The van der Waals surface area contributed by atoms with Crippen molar-refractivity contribution in [2.45, 2.75) is 51.3 Å². The van der Waals surface area contributed by atoms with Gasteiger partial charge in [0.2, 0.25) is 0 Å². The molecule has 2 rings (SSSR count). The van der Waals surface area contributed by atoms with Crippen molar-refractivity contribution in [1.82, 2.24) is 5.32 Å². The molecule has 0 bridgehead atoms. The fraction of sp³-hybridized carbons (Fsp3) is 0.625. The molecule has 2 N–H and O–H groups in total. The number of rotatable bonds is 6. The number of aliphatic hydroxyl groups is 1. The maximum atomic E-state index is 9.53. The van der Waals surface area contributed by atoms with E-state index in [1.54, 1.807) is 7.11 Å². The van der Waals surface area contributed by atoms with Crippen molar-refractivity contribution < 1.29 is 14.6 Å². The summed E-state index contributed by atoms with van der Waals surface area (Å²) in [6.07, 6.45) is 3.76. The summed E-state index contributed by atoms with van der Waals surface area (Å²) in [6.45, 7) is 3.36. The molecule has 1 aromatic carbocycles. The monoisotopic (exact) mass is 357 g/mol. The third-order valence-corrected chi connectivity index (χ3v) is 4.46. The number of hydrogen-bond acceptors (Lipinski definition) is 4. The Balaban J connectivity index is 1.98. The molecule has 0 radical (unpaired) electrons. The summed E-state index contributed by atoms with van der Waals surface area (Å²) in [5, 5.41) is 13.1. The van der Waals surface area contributed by atoms with Gasteiger partial charge in [0.1, 0.15) is 0 Å². The lowest BCUT2D eigenvalue weighted by molar-refractivity contribution is 0.116. The number of ether oxygens (including phenoxy) is 2. The molecule has 1 fully saturated rings. The molecule has 0 amide bonds. The van der Waals surface area contributed by atoms with E-state index in [9.17, 15) is 5.11 Å². The van der Waals surface area contributed by atoms with Crippen molar-refractivity contribution in [2.24, 2.45) is 0 Å². The maximum Gasteiger partial charge on any atom is 0.175 e. The van der Waals surface area contributed by atoms with E-state index in [1.165, 1.54) is 0 Å². The summed E-state index contributed by atoms with van der Waals surface area (Å²) >= 11 is 3.55. The predicted molar refractivity (Wildman–Crippen MR) is 87.0 cm³/mol. The summed E-state index contributed by atoms with van der Waals surface area (Å²) in [5.74, 6) is 1.51. The molecule has 1 saturated carbocycles. The van der Waals surface area contributed by atoms with Gasteiger partial charge in [-0.3, -0.25) is 0 Å². The Bertz CT molecular complexity index is 459. The number of aliphatic hydroxyl groups excluding tert-OH is 1. The minimum absolute atomic E-state index is 0.109. The molecule has 0 aromatic heterocycles. The van der Waals surface area contributed by atoms with E-state index in [2.05, 4.69) is 27.3 Å². The molecule has 5 heteroatoms. The molecule has 0 spiro atoms. The van der Waals surface area contributed by atoms with Gasteiger partial charge >= 0.3 is 0 Å². The topological polar surface area (TPSA) is 50.7 Å². The van der Waals surface area contributed by atoms with E-state index in [-0.39, 0.29) is 6.10 Å². The molecular formula is C16H24BrNO3. The van der Waals surface area contributed by atoms with Gasteiger partial charge in [-0.2, -0.15) is 0 Å². The Hall–Kier alpha value is -0.780. The van der Waals surface area contributed by atoms with Crippen LogP contribution in [0.2, 0.25) is 0 Å². The highest BCUT2D eigenvalue weighted by molar-refractivity contribution is 9.10. The Morgan fingerprint density at radius 2 is 2.00 bits per heavy atom. The third kappa shape index (κ3) is 4.59. The standard InChI is InChI=1S/C16H24BrNO3/c1-3-21-16-14(17)8-11(9-15(16)20-2)10-18-12-4-6-13(19)7-5-12/h8-9,12-13,18-19H,3-7,10H2,1-2H3. The normalized spacial score (nSPS) is 22.1. The highest BCUT2D eigenvalue weighted by Gasteiger charge is 2.19. The van der Waals surface area contributed by atoms with Crippen LogP contribution in [-0.4, -0.2) is 31.0 Å².